The van der Waals surface area contributed by atoms with E-state index >= 15 is 0 Å². The zero-order chi connectivity index (χ0) is 10.0. The van der Waals surface area contributed by atoms with Gasteiger partial charge in [0.25, 0.3) is 0 Å². The minimum Gasteiger partial charge on any atom is -0.329 e. The number of nitrogens with zero attached hydrogens (tertiary/aromatic N) is 1. The van der Waals surface area contributed by atoms with Crippen molar-refractivity contribution in [2.75, 3.05) is 6.54 Å². The second kappa shape index (κ2) is 3.60. The Kier molecular flexibility index (Phi) is 2.44. The molecule has 0 aromatic rings. The smallest absolute Gasteiger partial charge is 0.247 e. The molecule has 0 saturated carbocycles. The van der Waals surface area contributed by atoms with Crippen LogP contribution in [0.1, 0.15) is 32.6 Å². The predicted octanol–water partition coefficient (Wildman–Crippen LogP) is 2.27. The molecule has 76 valence electrons. The van der Waals surface area contributed by atoms with E-state index in [1.807, 2.05) is 11.0 Å². The number of hydrogen-bond donors (Lipinski definition) is 0. The number of amides is 1. The van der Waals surface area contributed by atoms with Crippen LogP contribution in [0, 0.1) is 0 Å². The number of hydrogen-bond acceptors (Lipinski definition) is 1. The molecule has 2 rings (SSSR count). The van der Waals surface area contributed by atoms with E-state index < -0.39 is 0 Å². The Hall–Kier alpha value is -1.05. The minimum atomic E-state index is 0.106. The molecule has 14 heavy (non-hydrogen) atoms. The quantitative estimate of drug-likeness (QED) is 0.627. The molecule has 1 aliphatic heterocycles. The van der Waals surface area contributed by atoms with Crippen molar-refractivity contribution in [2.45, 2.75) is 38.1 Å². The van der Waals surface area contributed by atoms with Gasteiger partial charge in [0.15, 0.2) is 0 Å². The van der Waals surface area contributed by atoms with Crippen LogP contribution < -0.4 is 0 Å². The van der Waals surface area contributed by atoms with Crippen LogP contribution in [0.4, 0.5) is 0 Å². The first-order chi connectivity index (χ1) is 6.78. The van der Waals surface area contributed by atoms with Crippen LogP contribution >= 0.6 is 0 Å². The van der Waals surface area contributed by atoms with E-state index in [4.69, 9.17) is 0 Å². The highest BCUT2D eigenvalue weighted by Gasteiger charge is 2.39. The lowest BCUT2D eigenvalue weighted by Crippen LogP contribution is -2.47. The fraction of sp³-hybridized carbons (Fsp3) is 0.583. The highest BCUT2D eigenvalue weighted by molar-refractivity contribution is 5.90. The highest BCUT2D eigenvalue weighted by Crippen LogP contribution is 2.36. The maximum Gasteiger partial charge on any atom is 0.247 e. The fourth-order valence-corrected chi connectivity index (χ4v) is 2.58. The summed E-state index contributed by atoms with van der Waals surface area (Å²) in [5, 5.41) is 0. The van der Waals surface area contributed by atoms with Gasteiger partial charge in [0.2, 0.25) is 5.91 Å². The summed E-state index contributed by atoms with van der Waals surface area (Å²) in [5.74, 6) is 0.196. The topological polar surface area (TPSA) is 20.3 Å². The molecule has 0 atom stereocenters. The van der Waals surface area contributed by atoms with E-state index in [1.54, 1.807) is 6.08 Å². The van der Waals surface area contributed by atoms with Gasteiger partial charge in [-0.2, -0.15) is 0 Å². The first-order valence-electron chi connectivity index (χ1n) is 5.42. The van der Waals surface area contributed by atoms with E-state index in [1.165, 1.54) is 0 Å². The van der Waals surface area contributed by atoms with Crippen molar-refractivity contribution in [2.24, 2.45) is 0 Å². The van der Waals surface area contributed by atoms with E-state index in [0.717, 1.165) is 32.2 Å². The molecule has 0 saturated heterocycles. The third-order valence-electron chi connectivity index (χ3n) is 3.26. The van der Waals surface area contributed by atoms with Gasteiger partial charge >= 0.3 is 0 Å². The summed E-state index contributed by atoms with van der Waals surface area (Å²) in [6.45, 7) is 2.99. The van der Waals surface area contributed by atoms with Gasteiger partial charge in [0, 0.05) is 12.6 Å². The normalized spacial score (nSPS) is 23.8. The van der Waals surface area contributed by atoms with Gasteiger partial charge in [-0.15, -0.1) is 0 Å². The molecule has 0 N–H and O–H groups in total. The van der Waals surface area contributed by atoms with E-state index in [9.17, 15) is 4.79 Å². The molecule has 0 aromatic heterocycles. The Morgan fingerprint density at radius 2 is 2.07 bits per heavy atom. The van der Waals surface area contributed by atoms with Crippen molar-refractivity contribution in [3.8, 4) is 0 Å². The lowest BCUT2D eigenvalue weighted by atomic mass is 9.89. The summed E-state index contributed by atoms with van der Waals surface area (Å²) >= 11 is 0. The molecule has 1 amide bonds. The third kappa shape index (κ3) is 1.39. The first-order valence-corrected chi connectivity index (χ1v) is 5.42. The van der Waals surface area contributed by atoms with Crippen LogP contribution in [0.15, 0.2) is 24.3 Å². The number of rotatable bonds is 3. The summed E-state index contributed by atoms with van der Waals surface area (Å²) in [4.78, 5) is 13.7. The monoisotopic (exact) mass is 191 g/mol. The summed E-state index contributed by atoms with van der Waals surface area (Å²) in [6.07, 6.45) is 12.4. The summed E-state index contributed by atoms with van der Waals surface area (Å²) in [7, 11) is 0. The average molecular weight is 191 g/mol. The van der Waals surface area contributed by atoms with Crippen molar-refractivity contribution in [1.29, 1.82) is 0 Å². The Morgan fingerprint density at radius 1 is 1.36 bits per heavy atom. The van der Waals surface area contributed by atoms with Crippen molar-refractivity contribution in [3.63, 3.8) is 0 Å². The van der Waals surface area contributed by atoms with E-state index in [-0.39, 0.29) is 11.4 Å². The Labute approximate surface area is 85.3 Å². The van der Waals surface area contributed by atoms with Gasteiger partial charge in [-0.1, -0.05) is 31.6 Å². The molecule has 1 aliphatic carbocycles. The van der Waals surface area contributed by atoms with Gasteiger partial charge in [-0.05, 0) is 19.3 Å². The lowest BCUT2D eigenvalue weighted by molar-refractivity contribution is -0.130. The highest BCUT2D eigenvalue weighted by atomic mass is 16.2. The van der Waals surface area contributed by atoms with Crippen LogP contribution in [0.3, 0.4) is 0 Å². The predicted molar refractivity (Wildman–Crippen MR) is 56.9 cm³/mol. The summed E-state index contributed by atoms with van der Waals surface area (Å²) in [5.41, 5.74) is 0.106. The maximum atomic E-state index is 11.7. The third-order valence-corrected chi connectivity index (χ3v) is 3.26. The number of carbonyl (C=O) groups is 1. The SMILES string of the molecule is CCCC1(N2CC=CC2=O)CC=CC1. The molecule has 0 spiro atoms. The Bertz CT molecular complexity index is 283. The Balaban J connectivity index is 2.15. The number of carbonyl (C=O) groups excluding carboxylic acids is 1. The van der Waals surface area contributed by atoms with Crippen molar-refractivity contribution in [1.82, 2.24) is 4.90 Å². The van der Waals surface area contributed by atoms with Crippen LogP contribution in [-0.4, -0.2) is 22.9 Å². The van der Waals surface area contributed by atoms with E-state index in [2.05, 4.69) is 19.1 Å². The molecule has 2 nitrogen and oxygen atoms in total. The molecule has 0 bridgehead atoms. The molecule has 0 aromatic carbocycles. The second-order valence-electron chi connectivity index (χ2n) is 4.21. The molecule has 0 radical (unpaired) electrons. The fourth-order valence-electron chi connectivity index (χ4n) is 2.58. The van der Waals surface area contributed by atoms with Crippen molar-refractivity contribution < 1.29 is 4.79 Å². The van der Waals surface area contributed by atoms with Crippen molar-refractivity contribution >= 4 is 5.91 Å². The molecular formula is C12H17NO. The zero-order valence-electron chi connectivity index (χ0n) is 8.70. The molecule has 1 heterocycles. The van der Waals surface area contributed by atoms with Gasteiger partial charge in [0.1, 0.15) is 0 Å². The molecule has 2 aliphatic rings. The first kappa shape index (κ1) is 9.50. The van der Waals surface area contributed by atoms with Gasteiger partial charge in [0.05, 0.1) is 5.54 Å². The summed E-state index contributed by atoms with van der Waals surface area (Å²) < 4.78 is 0. The van der Waals surface area contributed by atoms with E-state index in [0.29, 0.717) is 0 Å². The largest absolute Gasteiger partial charge is 0.329 e. The van der Waals surface area contributed by atoms with Gasteiger partial charge in [-0.3, -0.25) is 4.79 Å². The van der Waals surface area contributed by atoms with Gasteiger partial charge in [-0.25, -0.2) is 0 Å². The molecule has 2 heteroatoms. The van der Waals surface area contributed by atoms with Crippen LogP contribution in [-0.2, 0) is 4.79 Å². The van der Waals surface area contributed by atoms with Crippen LogP contribution in [0.2, 0.25) is 0 Å². The van der Waals surface area contributed by atoms with Gasteiger partial charge < -0.3 is 4.90 Å². The lowest BCUT2D eigenvalue weighted by Gasteiger charge is -2.38. The summed E-state index contributed by atoms with van der Waals surface area (Å²) in [6, 6.07) is 0. The Morgan fingerprint density at radius 3 is 2.57 bits per heavy atom. The minimum absolute atomic E-state index is 0.106. The zero-order valence-corrected chi connectivity index (χ0v) is 8.70. The van der Waals surface area contributed by atoms with Crippen LogP contribution in [0.25, 0.3) is 0 Å². The maximum absolute atomic E-state index is 11.7. The second-order valence-corrected chi connectivity index (χ2v) is 4.21. The molecule has 0 unspecified atom stereocenters. The molecule has 0 fully saturated rings. The van der Waals surface area contributed by atoms with Crippen LogP contribution in [0.5, 0.6) is 0 Å². The average Bonchev–Trinajstić information content (AvgIpc) is 2.75. The standard InChI is InChI=1S/C12H17NO/c1-2-7-12(8-3-4-9-12)13-10-5-6-11(13)14/h3-6H,2,7-10H2,1H3. The molecular weight excluding hydrogens is 174 g/mol. The van der Waals surface area contributed by atoms with Crippen molar-refractivity contribution in [3.05, 3.63) is 24.3 Å².